The third kappa shape index (κ3) is 6.55. The van der Waals surface area contributed by atoms with E-state index in [0.29, 0.717) is 12.2 Å². The molecule has 1 heterocycles. The van der Waals surface area contributed by atoms with Gasteiger partial charge in [0, 0.05) is 22.5 Å². The van der Waals surface area contributed by atoms with Crippen LogP contribution < -0.4 is 0 Å². The topological polar surface area (TPSA) is 68.7 Å². The minimum absolute atomic E-state index is 0.0612. The number of hydrogen-bond acceptors (Lipinski definition) is 5. The van der Waals surface area contributed by atoms with Crippen LogP contribution in [-0.4, -0.2) is 31.0 Å². The fourth-order valence-corrected chi connectivity index (χ4v) is 7.34. The van der Waals surface area contributed by atoms with Crippen LogP contribution in [0.1, 0.15) is 143 Å². The number of hydrogen-bond donors (Lipinski definition) is 1. The number of carbonyl (C=O) groups is 1. The Labute approximate surface area is 248 Å². The average Bonchev–Trinajstić information content (AvgIpc) is 3.40. The monoisotopic (exact) mass is 577 g/mol. The molecule has 0 aliphatic heterocycles. The summed E-state index contributed by atoms with van der Waals surface area (Å²) in [5.41, 5.74) is 7.96. The highest BCUT2D eigenvalue weighted by molar-refractivity contribution is 6.74. The Morgan fingerprint density at radius 3 is 2.37 bits per heavy atom. The first-order chi connectivity index (χ1) is 19.1. The zero-order chi connectivity index (χ0) is 30.3. The molecule has 1 N–H and O–H groups in total. The summed E-state index contributed by atoms with van der Waals surface area (Å²) < 4.78 is 12.4. The number of nitrogens with zero attached hydrogens (tertiary/aromatic N) is 1. The Hall–Kier alpha value is -2.28. The lowest BCUT2D eigenvalue weighted by atomic mass is 9.71. The Bertz CT molecular complexity index is 1300. The van der Waals surface area contributed by atoms with Gasteiger partial charge in [-0.1, -0.05) is 66.7 Å². The van der Waals surface area contributed by atoms with E-state index in [9.17, 15) is 9.90 Å². The molecule has 0 bridgehead atoms. The molecule has 0 spiro atoms. The minimum atomic E-state index is -2.11. The fourth-order valence-electron chi connectivity index (χ4n) is 6.07. The largest absolute Gasteiger partial charge is 0.462 e. The molecule has 0 fully saturated rings. The summed E-state index contributed by atoms with van der Waals surface area (Å²) in [6, 6.07) is 7.19. The summed E-state index contributed by atoms with van der Waals surface area (Å²) in [5, 5.41) is 12.2. The van der Waals surface area contributed by atoms with Gasteiger partial charge < -0.3 is 14.3 Å². The number of aromatic nitrogens is 1. The number of ether oxygens (including phenoxy) is 1. The molecule has 4 rings (SSSR count). The van der Waals surface area contributed by atoms with Gasteiger partial charge in [-0.2, -0.15) is 0 Å². The first-order valence-corrected chi connectivity index (χ1v) is 18.4. The maximum atomic E-state index is 12.3. The van der Waals surface area contributed by atoms with Crippen LogP contribution in [0.2, 0.25) is 18.1 Å². The van der Waals surface area contributed by atoms with Crippen molar-refractivity contribution >= 4 is 19.9 Å². The van der Waals surface area contributed by atoms with Gasteiger partial charge in [0.2, 0.25) is 0 Å². The van der Waals surface area contributed by atoms with Crippen LogP contribution in [0.25, 0.3) is 5.57 Å². The number of allylic oxidation sites excluding steroid dienone is 2. The highest BCUT2D eigenvalue weighted by atomic mass is 28.4. The molecule has 0 amide bonds. The van der Waals surface area contributed by atoms with Crippen LogP contribution >= 0.6 is 0 Å². The van der Waals surface area contributed by atoms with E-state index in [1.807, 2.05) is 12.1 Å². The molecule has 224 valence electrons. The van der Waals surface area contributed by atoms with Crippen molar-refractivity contribution in [2.45, 2.75) is 124 Å². The predicted octanol–water partition coefficient (Wildman–Crippen LogP) is 9.07. The second kappa shape index (κ2) is 11.8. The van der Waals surface area contributed by atoms with E-state index >= 15 is 0 Å². The summed E-state index contributed by atoms with van der Waals surface area (Å²) in [5.74, 6) is -0.216. The van der Waals surface area contributed by atoms with Crippen LogP contribution in [-0.2, 0) is 15.6 Å². The Kier molecular flexibility index (Phi) is 9.09. The molecule has 1 aromatic heterocycles. The lowest BCUT2D eigenvalue weighted by molar-refractivity contribution is 0.0526. The van der Waals surface area contributed by atoms with E-state index in [1.165, 1.54) is 11.1 Å². The highest BCUT2D eigenvalue weighted by Gasteiger charge is 2.45. The number of aliphatic hydroxyl groups is 1. The van der Waals surface area contributed by atoms with Gasteiger partial charge in [-0.15, -0.1) is 0 Å². The highest BCUT2D eigenvalue weighted by Crippen LogP contribution is 2.52. The van der Waals surface area contributed by atoms with E-state index in [0.717, 1.165) is 60.2 Å². The van der Waals surface area contributed by atoms with E-state index in [4.69, 9.17) is 14.1 Å². The Morgan fingerprint density at radius 2 is 1.83 bits per heavy atom. The SMILES string of the molecule is CCOC(=O)c1ccc([C@H](O)c2c(C(C)C)nc3c(c2C2=CCCC2)[C@@H](O[Si](C)(C)C(C)(C)C)CC(C)(C)C3)cc1. The summed E-state index contributed by atoms with van der Waals surface area (Å²) in [6.45, 7) is 22.7. The van der Waals surface area contributed by atoms with Crippen molar-refractivity contribution in [3.05, 3.63) is 69.5 Å². The number of aliphatic hydroxyl groups excluding tert-OH is 1. The molecule has 0 saturated heterocycles. The lowest BCUT2D eigenvalue weighted by Gasteiger charge is -2.45. The average molecular weight is 578 g/mol. The predicted molar refractivity (Wildman–Crippen MR) is 170 cm³/mol. The van der Waals surface area contributed by atoms with Crippen LogP contribution in [0.4, 0.5) is 0 Å². The molecule has 5 nitrogen and oxygen atoms in total. The quantitative estimate of drug-likeness (QED) is 0.250. The van der Waals surface area contributed by atoms with Crippen molar-refractivity contribution < 1.29 is 19.1 Å². The van der Waals surface area contributed by atoms with Gasteiger partial charge >= 0.3 is 5.97 Å². The van der Waals surface area contributed by atoms with Gasteiger partial charge in [0.25, 0.3) is 0 Å². The third-order valence-corrected chi connectivity index (χ3v) is 13.7. The number of pyridine rings is 1. The molecule has 0 saturated carbocycles. The Balaban J connectivity index is 1.95. The molecule has 41 heavy (non-hydrogen) atoms. The molecule has 2 aromatic rings. The van der Waals surface area contributed by atoms with E-state index in [2.05, 4.69) is 67.6 Å². The molecule has 6 heteroatoms. The zero-order valence-electron chi connectivity index (χ0n) is 27.0. The van der Waals surface area contributed by atoms with Crippen LogP contribution in [0.3, 0.4) is 0 Å². The van der Waals surface area contributed by atoms with Crippen molar-refractivity contribution in [2.75, 3.05) is 6.61 Å². The second-order valence-electron chi connectivity index (χ2n) is 14.6. The smallest absolute Gasteiger partial charge is 0.338 e. The first kappa shape index (κ1) is 31.6. The first-order valence-electron chi connectivity index (χ1n) is 15.4. The minimum Gasteiger partial charge on any atom is -0.462 e. The van der Waals surface area contributed by atoms with Gasteiger partial charge in [0.15, 0.2) is 8.32 Å². The molecule has 0 radical (unpaired) electrons. The van der Waals surface area contributed by atoms with Gasteiger partial charge in [0.1, 0.15) is 6.10 Å². The lowest BCUT2D eigenvalue weighted by Crippen LogP contribution is -2.44. The number of esters is 1. The third-order valence-electron chi connectivity index (χ3n) is 9.25. The molecular weight excluding hydrogens is 526 g/mol. The Morgan fingerprint density at radius 1 is 1.17 bits per heavy atom. The molecule has 2 aliphatic rings. The summed E-state index contributed by atoms with van der Waals surface area (Å²) in [6.07, 6.45) is 6.40. The molecule has 0 unspecified atom stereocenters. The van der Waals surface area contributed by atoms with Crippen molar-refractivity contribution in [1.29, 1.82) is 0 Å². The molecule has 1 aromatic carbocycles. The van der Waals surface area contributed by atoms with Crippen molar-refractivity contribution in [2.24, 2.45) is 5.41 Å². The summed E-state index contributed by atoms with van der Waals surface area (Å²) in [7, 11) is -2.11. The zero-order valence-corrected chi connectivity index (χ0v) is 28.0. The van der Waals surface area contributed by atoms with Gasteiger partial charge in [-0.25, -0.2) is 4.79 Å². The fraction of sp³-hybridized carbons (Fsp3) is 0.600. The normalized spacial score (nSPS) is 19.6. The van der Waals surface area contributed by atoms with Crippen LogP contribution in [0.15, 0.2) is 30.3 Å². The van der Waals surface area contributed by atoms with Crippen molar-refractivity contribution in [3.8, 4) is 0 Å². The van der Waals surface area contributed by atoms with Crippen molar-refractivity contribution in [1.82, 2.24) is 4.98 Å². The standard InChI is InChI=1S/C35H51NO4Si/c1-11-39-33(38)25-18-16-24(17-19-25)32(37)30-28(23-14-12-13-15-23)29-26(36-31(30)22(2)3)20-35(7,8)21-27(29)40-41(9,10)34(4,5)6/h14,16-19,22,27,32,37H,11-13,15,20-21H2,1-10H3/t27-,32-/m0/s1. The van der Waals surface area contributed by atoms with Gasteiger partial charge in [0.05, 0.1) is 18.3 Å². The van der Waals surface area contributed by atoms with Crippen LogP contribution in [0, 0.1) is 5.41 Å². The molecular formula is C35H51NO4Si. The number of rotatable bonds is 8. The van der Waals surface area contributed by atoms with Gasteiger partial charge in [-0.05, 0) is 97.3 Å². The van der Waals surface area contributed by atoms with E-state index < -0.39 is 14.4 Å². The molecule has 2 atom stereocenters. The number of fused-ring (bicyclic) bond motifs is 1. The number of carbonyl (C=O) groups excluding carboxylic acids is 1. The maximum absolute atomic E-state index is 12.3. The number of benzene rings is 1. The van der Waals surface area contributed by atoms with E-state index in [-0.39, 0.29) is 28.4 Å². The maximum Gasteiger partial charge on any atom is 0.338 e. The van der Waals surface area contributed by atoms with E-state index in [1.54, 1.807) is 19.1 Å². The second-order valence-corrected chi connectivity index (χ2v) is 19.3. The van der Waals surface area contributed by atoms with Crippen molar-refractivity contribution in [3.63, 3.8) is 0 Å². The summed E-state index contributed by atoms with van der Waals surface area (Å²) >= 11 is 0. The van der Waals surface area contributed by atoms with Gasteiger partial charge in [-0.3, -0.25) is 4.98 Å². The molecule has 2 aliphatic carbocycles. The summed E-state index contributed by atoms with van der Waals surface area (Å²) in [4.78, 5) is 17.7. The van der Waals surface area contributed by atoms with Crippen LogP contribution in [0.5, 0.6) is 0 Å².